The molecule has 1 aromatic rings. The number of rotatable bonds is 3. The molecule has 1 amide bonds. The number of hydrogen-bond donors (Lipinski definition) is 1. The van der Waals surface area contributed by atoms with Crippen LogP contribution in [-0.4, -0.2) is 56.3 Å². The van der Waals surface area contributed by atoms with E-state index in [1.165, 1.54) is 11.4 Å². The first kappa shape index (κ1) is 21.6. The van der Waals surface area contributed by atoms with E-state index in [-0.39, 0.29) is 22.8 Å². The van der Waals surface area contributed by atoms with Crippen molar-refractivity contribution in [1.82, 2.24) is 13.9 Å². The van der Waals surface area contributed by atoms with Gasteiger partial charge in [-0.2, -0.15) is 17.4 Å². The number of ether oxygens (including phenoxy) is 1. The quantitative estimate of drug-likeness (QED) is 0.792. The molecule has 2 bridgehead atoms. The van der Waals surface area contributed by atoms with Crippen LogP contribution in [-0.2, 0) is 15.0 Å². The van der Waals surface area contributed by atoms with Crippen LogP contribution in [0.5, 0.6) is 5.75 Å². The predicted octanol–water partition coefficient (Wildman–Crippen LogP) is 2.70. The Morgan fingerprint density at radius 1 is 1.23 bits per heavy atom. The lowest BCUT2D eigenvalue weighted by Crippen LogP contribution is -2.58. The molecule has 0 aromatic heterocycles. The summed E-state index contributed by atoms with van der Waals surface area (Å²) in [7, 11) is -0.686. The Morgan fingerprint density at radius 2 is 1.97 bits per heavy atom. The van der Waals surface area contributed by atoms with Crippen molar-refractivity contribution in [3.05, 3.63) is 29.8 Å². The van der Waals surface area contributed by atoms with Crippen molar-refractivity contribution in [2.75, 3.05) is 20.7 Å². The van der Waals surface area contributed by atoms with E-state index >= 15 is 0 Å². The number of amides is 1. The van der Waals surface area contributed by atoms with Crippen molar-refractivity contribution >= 4 is 16.1 Å². The molecule has 8 heteroatoms. The highest BCUT2D eigenvalue weighted by Gasteiger charge is 2.53. The molecule has 0 radical (unpaired) electrons. The van der Waals surface area contributed by atoms with Crippen LogP contribution in [0.4, 0.5) is 0 Å². The van der Waals surface area contributed by atoms with Gasteiger partial charge in [-0.1, -0.05) is 32.9 Å². The Kier molecular flexibility index (Phi) is 5.19. The predicted molar refractivity (Wildman–Crippen MR) is 115 cm³/mol. The van der Waals surface area contributed by atoms with Gasteiger partial charge in [0.25, 0.3) is 10.2 Å². The minimum absolute atomic E-state index is 0.0677. The van der Waals surface area contributed by atoms with Crippen LogP contribution < -0.4 is 9.46 Å². The minimum Gasteiger partial charge on any atom is -0.497 e. The van der Waals surface area contributed by atoms with Gasteiger partial charge >= 0.3 is 0 Å². The molecule has 1 saturated carbocycles. The SMILES string of the molecule is COc1cccc([C@@H]2C[C@@H](C(=O)N3C[C@@]4(C)C[C@H]3CC(C)(C)C4)N(C)S(=O)(=O)N2)c1. The van der Waals surface area contributed by atoms with E-state index in [1.807, 2.05) is 29.2 Å². The van der Waals surface area contributed by atoms with Gasteiger partial charge in [-0.3, -0.25) is 4.79 Å². The van der Waals surface area contributed by atoms with Crippen LogP contribution in [0.2, 0.25) is 0 Å². The fourth-order valence-corrected chi connectivity index (χ4v) is 7.35. The van der Waals surface area contributed by atoms with Gasteiger partial charge in [0.2, 0.25) is 5.91 Å². The molecule has 4 atom stereocenters. The summed E-state index contributed by atoms with van der Waals surface area (Å²) in [5.41, 5.74) is 1.11. The fourth-order valence-electron chi connectivity index (χ4n) is 6.08. The third-order valence-corrected chi connectivity index (χ3v) is 8.64. The van der Waals surface area contributed by atoms with Gasteiger partial charge in [0, 0.05) is 19.6 Å². The van der Waals surface area contributed by atoms with Crippen LogP contribution in [0.3, 0.4) is 0 Å². The second kappa shape index (κ2) is 7.21. The number of carbonyl (C=O) groups is 1. The van der Waals surface area contributed by atoms with E-state index < -0.39 is 22.3 Å². The second-order valence-corrected chi connectivity index (χ2v) is 12.2. The Hall–Kier alpha value is -1.64. The van der Waals surface area contributed by atoms with E-state index in [9.17, 15) is 13.2 Å². The first-order valence-corrected chi connectivity index (χ1v) is 12.1. The fraction of sp³-hybridized carbons (Fsp3) is 0.682. The zero-order chi connectivity index (χ0) is 21.9. The Bertz CT molecular complexity index is 947. The summed E-state index contributed by atoms with van der Waals surface area (Å²) in [6.07, 6.45) is 3.45. The Balaban J connectivity index is 1.61. The summed E-state index contributed by atoms with van der Waals surface area (Å²) in [5.74, 6) is 0.596. The summed E-state index contributed by atoms with van der Waals surface area (Å²) >= 11 is 0. The molecule has 1 aromatic carbocycles. The summed E-state index contributed by atoms with van der Waals surface area (Å²) in [4.78, 5) is 15.6. The number of nitrogens with zero attached hydrogens (tertiary/aromatic N) is 2. The molecule has 7 nitrogen and oxygen atoms in total. The summed E-state index contributed by atoms with van der Waals surface area (Å²) in [6, 6.07) is 6.36. The van der Waals surface area contributed by atoms with Gasteiger partial charge in [0.05, 0.1) is 13.2 Å². The van der Waals surface area contributed by atoms with Gasteiger partial charge in [0.15, 0.2) is 0 Å². The lowest BCUT2D eigenvalue weighted by atomic mass is 9.65. The summed E-state index contributed by atoms with van der Waals surface area (Å²) < 4.78 is 34.9. The number of nitrogens with one attached hydrogen (secondary N) is 1. The van der Waals surface area contributed by atoms with Crippen molar-refractivity contribution < 1.29 is 17.9 Å². The van der Waals surface area contributed by atoms with Crippen LogP contribution in [0, 0.1) is 10.8 Å². The zero-order valence-corrected chi connectivity index (χ0v) is 19.3. The van der Waals surface area contributed by atoms with Crippen LogP contribution >= 0.6 is 0 Å². The molecule has 30 heavy (non-hydrogen) atoms. The van der Waals surface area contributed by atoms with Gasteiger partial charge in [-0.25, -0.2) is 0 Å². The number of likely N-dealkylation sites (N-methyl/N-ethyl adjacent to an activating group) is 1. The molecule has 1 N–H and O–H groups in total. The average Bonchev–Trinajstić information content (AvgIpc) is 2.92. The van der Waals surface area contributed by atoms with Gasteiger partial charge < -0.3 is 9.64 Å². The largest absolute Gasteiger partial charge is 0.497 e. The number of likely N-dealkylation sites (tertiary alicyclic amines) is 1. The lowest BCUT2D eigenvalue weighted by Gasteiger charge is -2.41. The van der Waals surface area contributed by atoms with Gasteiger partial charge in [-0.15, -0.1) is 0 Å². The zero-order valence-electron chi connectivity index (χ0n) is 18.5. The molecule has 4 rings (SSSR count). The molecule has 3 aliphatic rings. The Labute approximate surface area is 179 Å². The van der Waals surface area contributed by atoms with Crippen molar-refractivity contribution in [2.45, 2.75) is 64.6 Å². The third kappa shape index (κ3) is 3.85. The molecule has 2 aliphatic heterocycles. The average molecular weight is 436 g/mol. The molecule has 0 unspecified atom stereocenters. The molecule has 3 fully saturated rings. The molecule has 2 saturated heterocycles. The normalized spacial score (nSPS) is 35.2. The van der Waals surface area contributed by atoms with E-state index in [2.05, 4.69) is 25.5 Å². The van der Waals surface area contributed by atoms with Crippen LogP contribution in [0.25, 0.3) is 0 Å². The van der Waals surface area contributed by atoms with Crippen LogP contribution in [0.1, 0.15) is 58.1 Å². The molecular weight excluding hydrogens is 402 g/mol. The van der Waals surface area contributed by atoms with E-state index in [1.54, 1.807) is 7.11 Å². The van der Waals surface area contributed by atoms with E-state index in [0.717, 1.165) is 24.8 Å². The standard InChI is InChI=1S/C22H33N3O4S/c1-21(2)11-16-12-22(3,13-21)14-25(16)20(26)19-10-18(23-30(27,28)24(19)4)15-7-6-8-17(9-15)29-5/h6-9,16,18-19,23H,10-14H2,1-5H3/t16-,18+,19+,22+/m1/s1. The van der Waals surface area contributed by atoms with Crippen LogP contribution in [0.15, 0.2) is 24.3 Å². The lowest BCUT2D eigenvalue weighted by molar-refractivity contribution is -0.137. The minimum atomic E-state index is -3.77. The van der Waals surface area contributed by atoms with E-state index in [0.29, 0.717) is 18.7 Å². The number of fused-ring (bicyclic) bond motifs is 2. The monoisotopic (exact) mass is 435 g/mol. The van der Waals surface area contributed by atoms with Gasteiger partial charge in [0.1, 0.15) is 11.8 Å². The topological polar surface area (TPSA) is 79.0 Å². The number of benzene rings is 1. The summed E-state index contributed by atoms with van der Waals surface area (Å²) in [6.45, 7) is 7.51. The van der Waals surface area contributed by atoms with E-state index in [4.69, 9.17) is 4.74 Å². The first-order chi connectivity index (χ1) is 13.9. The number of hydrogen-bond acceptors (Lipinski definition) is 4. The van der Waals surface area contributed by atoms with Crippen molar-refractivity contribution in [1.29, 1.82) is 0 Å². The molecule has 0 spiro atoms. The van der Waals surface area contributed by atoms with Crippen molar-refractivity contribution in [2.24, 2.45) is 10.8 Å². The maximum absolute atomic E-state index is 13.7. The summed E-state index contributed by atoms with van der Waals surface area (Å²) in [5, 5.41) is 0. The highest BCUT2D eigenvalue weighted by atomic mass is 32.2. The Morgan fingerprint density at radius 3 is 2.67 bits per heavy atom. The smallest absolute Gasteiger partial charge is 0.280 e. The molecule has 166 valence electrons. The molecule has 2 heterocycles. The molecular formula is C22H33N3O4S. The van der Waals surface area contributed by atoms with Gasteiger partial charge in [-0.05, 0) is 54.2 Å². The maximum atomic E-state index is 13.7. The second-order valence-electron chi connectivity index (χ2n) is 10.4. The molecule has 1 aliphatic carbocycles. The number of methoxy groups -OCH3 is 1. The third-order valence-electron chi connectivity index (χ3n) is 7.05. The maximum Gasteiger partial charge on any atom is 0.280 e. The highest BCUT2D eigenvalue weighted by molar-refractivity contribution is 7.87. The van der Waals surface area contributed by atoms with Crippen molar-refractivity contribution in [3.8, 4) is 5.75 Å². The number of carbonyl (C=O) groups excluding carboxylic acids is 1. The van der Waals surface area contributed by atoms with Crippen molar-refractivity contribution in [3.63, 3.8) is 0 Å². The highest BCUT2D eigenvalue weighted by Crippen LogP contribution is 2.52. The first-order valence-electron chi connectivity index (χ1n) is 10.6.